The number of benzene rings is 1. The predicted molar refractivity (Wildman–Crippen MR) is 58.2 cm³/mol. The molecule has 0 aliphatic carbocycles. The van der Waals surface area contributed by atoms with Gasteiger partial charge in [0.25, 0.3) is 0 Å². The van der Waals surface area contributed by atoms with E-state index < -0.39 is 0 Å². The first kappa shape index (κ1) is 12.3. The van der Waals surface area contributed by atoms with Crippen LogP contribution >= 0.6 is 0 Å². The number of rotatable bonds is 6. The molecule has 0 aliphatic rings. The fourth-order valence-corrected chi connectivity index (χ4v) is 1.32. The second-order valence-electron chi connectivity index (χ2n) is 3.17. The molecule has 1 unspecified atom stereocenters. The average Bonchev–Trinajstić information content (AvgIpc) is 2.34. The molecule has 0 aromatic heterocycles. The topological polar surface area (TPSA) is 56.8 Å². The Balaban J connectivity index is 2.85. The third kappa shape index (κ3) is 2.87. The highest BCUT2D eigenvalue weighted by molar-refractivity contribution is 5.43. The van der Waals surface area contributed by atoms with Gasteiger partial charge >= 0.3 is 6.47 Å². The quantitative estimate of drug-likeness (QED) is 0.586. The molecule has 5 heteroatoms. The minimum absolute atomic E-state index is 0.120. The van der Waals surface area contributed by atoms with Crippen LogP contribution in [0.15, 0.2) is 18.2 Å². The molecule has 0 saturated heterocycles. The lowest BCUT2D eigenvalue weighted by molar-refractivity contribution is -0.136. The maximum atomic E-state index is 10.0. The van der Waals surface area contributed by atoms with Crippen molar-refractivity contribution < 1.29 is 19.1 Å². The Labute approximate surface area is 94.3 Å². The summed E-state index contributed by atoms with van der Waals surface area (Å²) in [5.74, 6) is 1.30. The van der Waals surface area contributed by atoms with Crippen molar-refractivity contribution in [3.63, 3.8) is 0 Å². The molecule has 88 valence electrons. The van der Waals surface area contributed by atoms with Gasteiger partial charge in [0, 0.05) is 0 Å². The van der Waals surface area contributed by atoms with Gasteiger partial charge in [0.1, 0.15) is 0 Å². The standard InChI is InChI=1S/C11H15NO4/c1-8(12-16-7-13)9-4-5-10(14-2)11(6-9)15-3/h4-8,12H,1-3H3. The predicted octanol–water partition coefficient (Wildman–Crippen LogP) is 1.44. The first-order chi connectivity index (χ1) is 7.72. The van der Waals surface area contributed by atoms with Crippen LogP contribution in [0.2, 0.25) is 0 Å². The van der Waals surface area contributed by atoms with Gasteiger partial charge in [-0.15, -0.1) is 5.48 Å². The van der Waals surface area contributed by atoms with Gasteiger partial charge in [0.2, 0.25) is 0 Å². The maximum absolute atomic E-state index is 10.0. The Morgan fingerprint density at radius 1 is 1.25 bits per heavy atom. The van der Waals surface area contributed by atoms with Crippen LogP contribution in [0.1, 0.15) is 18.5 Å². The molecule has 1 aromatic carbocycles. The molecule has 0 amide bonds. The van der Waals surface area contributed by atoms with E-state index in [1.165, 1.54) is 0 Å². The number of carbonyl (C=O) groups is 1. The van der Waals surface area contributed by atoms with E-state index in [0.717, 1.165) is 5.56 Å². The Morgan fingerprint density at radius 2 is 1.94 bits per heavy atom. The first-order valence-electron chi connectivity index (χ1n) is 4.79. The van der Waals surface area contributed by atoms with E-state index in [4.69, 9.17) is 9.47 Å². The van der Waals surface area contributed by atoms with Crippen LogP contribution in [0.3, 0.4) is 0 Å². The molecule has 0 radical (unpaired) electrons. The Hall–Kier alpha value is -1.75. The molecule has 5 nitrogen and oxygen atoms in total. The smallest absolute Gasteiger partial charge is 0.312 e. The highest BCUT2D eigenvalue weighted by Crippen LogP contribution is 2.29. The van der Waals surface area contributed by atoms with Crippen LogP contribution in [0.25, 0.3) is 0 Å². The van der Waals surface area contributed by atoms with Gasteiger partial charge in [-0.05, 0) is 24.6 Å². The summed E-state index contributed by atoms with van der Waals surface area (Å²) in [5.41, 5.74) is 3.50. The molecular formula is C11H15NO4. The van der Waals surface area contributed by atoms with Crippen molar-refractivity contribution in [2.45, 2.75) is 13.0 Å². The van der Waals surface area contributed by atoms with Crippen molar-refractivity contribution in [3.8, 4) is 11.5 Å². The fraction of sp³-hybridized carbons (Fsp3) is 0.364. The van der Waals surface area contributed by atoms with Gasteiger partial charge in [0.05, 0.1) is 20.3 Å². The molecule has 1 atom stereocenters. The number of carbonyl (C=O) groups excluding carboxylic acids is 1. The van der Waals surface area contributed by atoms with E-state index in [-0.39, 0.29) is 6.04 Å². The Bertz CT molecular complexity index is 354. The largest absolute Gasteiger partial charge is 0.493 e. The molecular weight excluding hydrogens is 210 g/mol. The van der Waals surface area contributed by atoms with Gasteiger partial charge in [-0.1, -0.05) is 6.07 Å². The molecule has 0 aliphatic heterocycles. The van der Waals surface area contributed by atoms with Crippen molar-refractivity contribution in [3.05, 3.63) is 23.8 Å². The normalized spacial score (nSPS) is 11.7. The average molecular weight is 225 g/mol. The molecule has 16 heavy (non-hydrogen) atoms. The summed E-state index contributed by atoms with van der Waals surface area (Å²) in [6.45, 7) is 2.21. The van der Waals surface area contributed by atoms with E-state index in [9.17, 15) is 4.79 Å². The third-order valence-electron chi connectivity index (χ3n) is 2.20. The van der Waals surface area contributed by atoms with E-state index in [0.29, 0.717) is 18.0 Å². The number of nitrogens with one attached hydrogen (secondary N) is 1. The minimum Gasteiger partial charge on any atom is -0.493 e. The molecule has 1 aromatic rings. The van der Waals surface area contributed by atoms with Gasteiger partial charge < -0.3 is 14.3 Å². The van der Waals surface area contributed by atoms with E-state index in [2.05, 4.69) is 10.3 Å². The first-order valence-corrected chi connectivity index (χ1v) is 4.79. The fourth-order valence-electron chi connectivity index (χ4n) is 1.32. The minimum atomic E-state index is -0.120. The zero-order chi connectivity index (χ0) is 12.0. The number of methoxy groups -OCH3 is 2. The van der Waals surface area contributed by atoms with Crippen molar-refractivity contribution >= 4 is 6.47 Å². The molecule has 0 heterocycles. The zero-order valence-corrected chi connectivity index (χ0v) is 9.52. The maximum Gasteiger partial charge on any atom is 0.312 e. The van der Waals surface area contributed by atoms with Gasteiger partial charge in [-0.2, -0.15) is 0 Å². The zero-order valence-electron chi connectivity index (χ0n) is 9.52. The van der Waals surface area contributed by atoms with Gasteiger partial charge in [-0.3, -0.25) is 4.79 Å². The number of ether oxygens (including phenoxy) is 2. The van der Waals surface area contributed by atoms with Gasteiger partial charge in [-0.25, -0.2) is 0 Å². The van der Waals surface area contributed by atoms with Crippen LogP contribution in [-0.2, 0) is 9.63 Å². The van der Waals surface area contributed by atoms with Crippen LogP contribution in [0, 0.1) is 0 Å². The van der Waals surface area contributed by atoms with E-state index >= 15 is 0 Å². The molecule has 1 rings (SSSR count). The Kier molecular flexibility index (Phi) is 4.60. The van der Waals surface area contributed by atoms with Crippen molar-refractivity contribution in [1.82, 2.24) is 5.48 Å². The third-order valence-corrected chi connectivity index (χ3v) is 2.20. The highest BCUT2D eigenvalue weighted by atomic mass is 16.7. The SMILES string of the molecule is COc1ccc(C(C)NOC=O)cc1OC. The second kappa shape index (κ2) is 5.97. The molecule has 0 bridgehead atoms. The van der Waals surface area contributed by atoms with Crippen molar-refractivity contribution in [2.75, 3.05) is 14.2 Å². The van der Waals surface area contributed by atoms with E-state index in [1.807, 2.05) is 19.1 Å². The number of hydrogen-bond donors (Lipinski definition) is 1. The van der Waals surface area contributed by atoms with Crippen LogP contribution in [0.5, 0.6) is 11.5 Å². The van der Waals surface area contributed by atoms with Crippen LogP contribution in [0.4, 0.5) is 0 Å². The van der Waals surface area contributed by atoms with Gasteiger partial charge in [0.15, 0.2) is 11.5 Å². The van der Waals surface area contributed by atoms with Crippen molar-refractivity contribution in [1.29, 1.82) is 0 Å². The molecule has 0 spiro atoms. The number of hydroxylamine groups is 1. The summed E-state index contributed by atoms with van der Waals surface area (Å²) < 4.78 is 10.3. The van der Waals surface area contributed by atoms with Crippen LogP contribution in [-0.4, -0.2) is 20.7 Å². The molecule has 1 N–H and O–H groups in total. The summed E-state index contributed by atoms with van der Waals surface area (Å²) in [6, 6.07) is 5.37. The summed E-state index contributed by atoms with van der Waals surface area (Å²) in [4.78, 5) is 14.5. The highest BCUT2D eigenvalue weighted by Gasteiger charge is 2.09. The molecule has 0 fully saturated rings. The molecule has 0 saturated carbocycles. The lowest BCUT2D eigenvalue weighted by Crippen LogP contribution is -2.18. The summed E-state index contributed by atoms with van der Waals surface area (Å²) in [7, 11) is 3.15. The monoisotopic (exact) mass is 225 g/mol. The summed E-state index contributed by atoms with van der Waals surface area (Å²) in [6.07, 6.45) is 0. The summed E-state index contributed by atoms with van der Waals surface area (Å²) in [5, 5.41) is 0. The van der Waals surface area contributed by atoms with E-state index in [1.54, 1.807) is 20.3 Å². The summed E-state index contributed by atoms with van der Waals surface area (Å²) >= 11 is 0. The number of hydrogen-bond acceptors (Lipinski definition) is 5. The second-order valence-corrected chi connectivity index (χ2v) is 3.17. The van der Waals surface area contributed by atoms with Crippen molar-refractivity contribution in [2.24, 2.45) is 0 Å². The van der Waals surface area contributed by atoms with Crippen LogP contribution < -0.4 is 15.0 Å². The Morgan fingerprint density at radius 3 is 2.50 bits per heavy atom. The lowest BCUT2D eigenvalue weighted by atomic mass is 10.1. The lowest BCUT2D eigenvalue weighted by Gasteiger charge is -2.14.